The first kappa shape index (κ1) is 18.3. The van der Waals surface area contributed by atoms with Crippen LogP contribution >= 0.6 is 0 Å². The fourth-order valence-electron chi connectivity index (χ4n) is 3.97. The molecule has 1 aromatic carbocycles. The van der Waals surface area contributed by atoms with Crippen molar-refractivity contribution in [2.75, 3.05) is 39.8 Å². The molecule has 0 spiro atoms. The fraction of sp³-hybridized carbons (Fsp3) is 0.632. The van der Waals surface area contributed by atoms with Crippen molar-refractivity contribution in [2.24, 2.45) is 5.92 Å². The van der Waals surface area contributed by atoms with Gasteiger partial charge in [-0.2, -0.15) is 0 Å². The molecule has 1 aromatic rings. The van der Waals surface area contributed by atoms with Gasteiger partial charge in [-0.25, -0.2) is 5.43 Å². The Morgan fingerprint density at radius 3 is 2.68 bits per heavy atom. The quantitative estimate of drug-likeness (QED) is 0.679. The predicted molar refractivity (Wildman–Crippen MR) is 98.3 cm³/mol. The van der Waals surface area contributed by atoms with E-state index in [1.54, 1.807) is 0 Å². The van der Waals surface area contributed by atoms with E-state index in [9.17, 15) is 9.90 Å². The maximum Gasteiger partial charge on any atom is 0.322 e. The molecule has 3 N–H and O–H groups in total. The normalized spacial score (nSPS) is 25.5. The Kier molecular flexibility index (Phi) is 6.42. The molecule has 6 nitrogen and oxygen atoms in total. The number of carbonyl (C=O) groups is 1. The minimum atomic E-state index is -0.763. The molecule has 0 saturated carbocycles. The highest BCUT2D eigenvalue weighted by Crippen LogP contribution is 2.20. The molecule has 0 amide bonds. The lowest BCUT2D eigenvalue weighted by Gasteiger charge is -2.39. The summed E-state index contributed by atoms with van der Waals surface area (Å²) in [7, 11) is 2.18. The molecular formula is C19H30N4O2. The van der Waals surface area contributed by atoms with Crippen LogP contribution in [0.2, 0.25) is 0 Å². The maximum atomic E-state index is 11.5. The highest BCUT2D eigenvalue weighted by atomic mass is 16.4. The Morgan fingerprint density at radius 1 is 1.28 bits per heavy atom. The van der Waals surface area contributed by atoms with E-state index in [0.29, 0.717) is 12.6 Å². The molecule has 2 heterocycles. The summed E-state index contributed by atoms with van der Waals surface area (Å²) in [5, 5.41) is 9.42. The SMILES string of the molecule is CN1CCC(N(CCc2ccccc2)CC2CNNC2C(=O)O)CC1. The number of aliphatic carboxylic acids is 1. The smallest absolute Gasteiger partial charge is 0.322 e. The second kappa shape index (κ2) is 8.76. The van der Waals surface area contributed by atoms with Gasteiger partial charge in [-0.05, 0) is 45.0 Å². The van der Waals surface area contributed by atoms with E-state index in [4.69, 9.17) is 0 Å². The topological polar surface area (TPSA) is 67.8 Å². The highest BCUT2D eigenvalue weighted by molar-refractivity contribution is 5.74. The van der Waals surface area contributed by atoms with Gasteiger partial charge in [-0.1, -0.05) is 30.3 Å². The first-order chi connectivity index (χ1) is 12.1. The van der Waals surface area contributed by atoms with Crippen molar-refractivity contribution in [2.45, 2.75) is 31.3 Å². The molecule has 2 aliphatic rings. The van der Waals surface area contributed by atoms with Gasteiger partial charge in [0.05, 0.1) is 0 Å². The molecular weight excluding hydrogens is 316 g/mol. The van der Waals surface area contributed by atoms with Crippen LogP contribution in [0.25, 0.3) is 0 Å². The predicted octanol–water partition coefficient (Wildman–Crippen LogP) is 0.803. The molecule has 6 heteroatoms. The Balaban J connectivity index is 1.64. The highest BCUT2D eigenvalue weighted by Gasteiger charge is 2.35. The van der Waals surface area contributed by atoms with Crippen LogP contribution in [0.4, 0.5) is 0 Å². The number of nitrogens with zero attached hydrogens (tertiary/aromatic N) is 2. The van der Waals surface area contributed by atoms with Gasteiger partial charge in [0.2, 0.25) is 0 Å². The molecule has 0 radical (unpaired) electrons. The molecule has 2 atom stereocenters. The lowest BCUT2D eigenvalue weighted by Crippen LogP contribution is -2.49. The van der Waals surface area contributed by atoms with Crippen LogP contribution in [-0.4, -0.2) is 72.7 Å². The molecule has 25 heavy (non-hydrogen) atoms. The molecule has 0 aliphatic carbocycles. The van der Waals surface area contributed by atoms with Crippen LogP contribution in [0.1, 0.15) is 18.4 Å². The summed E-state index contributed by atoms with van der Waals surface area (Å²) >= 11 is 0. The summed E-state index contributed by atoms with van der Waals surface area (Å²) in [4.78, 5) is 16.4. The number of piperidine rings is 1. The van der Waals surface area contributed by atoms with Crippen LogP contribution in [0.15, 0.2) is 30.3 Å². The van der Waals surface area contributed by atoms with Gasteiger partial charge < -0.3 is 10.0 Å². The molecule has 2 fully saturated rings. The number of likely N-dealkylation sites (tertiary alicyclic amines) is 1. The van der Waals surface area contributed by atoms with Gasteiger partial charge in [-0.15, -0.1) is 0 Å². The molecule has 2 aliphatic heterocycles. The van der Waals surface area contributed by atoms with Crippen molar-refractivity contribution in [3.05, 3.63) is 35.9 Å². The van der Waals surface area contributed by atoms with E-state index in [1.165, 1.54) is 5.56 Å². The molecule has 3 rings (SSSR count). The van der Waals surface area contributed by atoms with E-state index >= 15 is 0 Å². The number of hydrogen-bond donors (Lipinski definition) is 3. The third kappa shape index (κ3) is 5.01. The van der Waals surface area contributed by atoms with E-state index in [0.717, 1.165) is 45.4 Å². The van der Waals surface area contributed by atoms with Crippen molar-refractivity contribution in [1.29, 1.82) is 0 Å². The summed E-state index contributed by atoms with van der Waals surface area (Å²) in [5.41, 5.74) is 7.28. The van der Waals surface area contributed by atoms with Crippen molar-refractivity contribution >= 4 is 5.97 Å². The summed E-state index contributed by atoms with van der Waals surface area (Å²) in [6.45, 7) is 4.77. The maximum absolute atomic E-state index is 11.5. The second-order valence-electron chi connectivity index (χ2n) is 7.37. The Labute approximate surface area is 150 Å². The summed E-state index contributed by atoms with van der Waals surface area (Å²) in [6, 6.07) is 10.6. The molecule has 0 aromatic heterocycles. The first-order valence-corrected chi connectivity index (χ1v) is 9.31. The van der Waals surface area contributed by atoms with E-state index in [-0.39, 0.29) is 5.92 Å². The number of carboxylic acids is 1. The van der Waals surface area contributed by atoms with Gasteiger partial charge in [0, 0.05) is 31.6 Å². The largest absolute Gasteiger partial charge is 0.480 e. The monoisotopic (exact) mass is 346 g/mol. The van der Waals surface area contributed by atoms with Crippen LogP contribution in [0.3, 0.4) is 0 Å². The summed E-state index contributed by atoms with van der Waals surface area (Å²) in [6.07, 6.45) is 3.34. The molecule has 2 unspecified atom stereocenters. The number of carboxylic acid groups (broad SMARTS) is 1. The average Bonchev–Trinajstić information content (AvgIpc) is 3.09. The number of rotatable bonds is 7. The van der Waals surface area contributed by atoms with Crippen LogP contribution in [0, 0.1) is 5.92 Å². The van der Waals surface area contributed by atoms with Gasteiger partial charge in [-0.3, -0.25) is 15.1 Å². The van der Waals surface area contributed by atoms with Crippen molar-refractivity contribution in [3.63, 3.8) is 0 Å². The van der Waals surface area contributed by atoms with Gasteiger partial charge >= 0.3 is 5.97 Å². The standard InChI is InChI=1S/C19H30N4O2/c1-22-10-8-17(9-11-22)23(12-7-15-5-3-2-4-6-15)14-16-13-20-21-18(16)19(24)25/h2-6,16-18,20-21H,7-14H2,1H3,(H,24,25). The number of benzene rings is 1. The molecule has 138 valence electrons. The first-order valence-electron chi connectivity index (χ1n) is 9.31. The zero-order chi connectivity index (χ0) is 17.6. The Bertz CT molecular complexity index is 546. The number of nitrogens with one attached hydrogen (secondary N) is 2. The van der Waals surface area contributed by atoms with Gasteiger partial charge in [0.1, 0.15) is 6.04 Å². The lowest BCUT2D eigenvalue weighted by molar-refractivity contribution is -0.140. The number of hydrazine groups is 1. The molecule has 2 saturated heterocycles. The minimum Gasteiger partial charge on any atom is -0.480 e. The zero-order valence-corrected chi connectivity index (χ0v) is 15.0. The van der Waals surface area contributed by atoms with Gasteiger partial charge in [0.15, 0.2) is 0 Å². The minimum absolute atomic E-state index is 0.105. The number of hydrogen-bond acceptors (Lipinski definition) is 5. The second-order valence-corrected chi connectivity index (χ2v) is 7.37. The lowest BCUT2D eigenvalue weighted by atomic mass is 9.97. The van der Waals surface area contributed by atoms with Gasteiger partial charge in [0.25, 0.3) is 0 Å². The van der Waals surface area contributed by atoms with Crippen LogP contribution < -0.4 is 10.9 Å². The van der Waals surface area contributed by atoms with Crippen molar-refractivity contribution in [1.82, 2.24) is 20.7 Å². The zero-order valence-electron chi connectivity index (χ0n) is 15.0. The molecule has 0 bridgehead atoms. The van der Waals surface area contributed by atoms with E-state index < -0.39 is 12.0 Å². The van der Waals surface area contributed by atoms with E-state index in [1.807, 2.05) is 6.07 Å². The summed E-state index contributed by atoms with van der Waals surface area (Å²) in [5.74, 6) is -0.658. The Hall–Kier alpha value is -1.47. The van der Waals surface area contributed by atoms with Crippen molar-refractivity contribution in [3.8, 4) is 0 Å². The average molecular weight is 346 g/mol. The van der Waals surface area contributed by atoms with Crippen LogP contribution in [-0.2, 0) is 11.2 Å². The van der Waals surface area contributed by atoms with Crippen LogP contribution in [0.5, 0.6) is 0 Å². The summed E-state index contributed by atoms with van der Waals surface area (Å²) < 4.78 is 0. The third-order valence-electron chi connectivity index (χ3n) is 5.56. The van der Waals surface area contributed by atoms with Crippen molar-refractivity contribution < 1.29 is 9.90 Å². The third-order valence-corrected chi connectivity index (χ3v) is 5.56. The van der Waals surface area contributed by atoms with E-state index in [2.05, 4.69) is 52.0 Å². The fourth-order valence-corrected chi connectivity index (χ4v) is 3.97. The Morgan fingerprint density at radius 2 is 2.00 bits per heavy atom.